The van der Waals surface area contributed by atoms with E-state index in [4.69, 9.17) is 10.8 Å². The van der Waals surface area contributed by atoms with Crippen molar-refractivity contribution in [3.63, 3.8) is 0 Å². The molecule has 3 heterocycles. The van der Waals surface area contributed by atoms with Crippen molar-refractivity contribution in [2.45, 2.75) is 18.0 Å². The van der Waals surface area contributed by atoms with Crippen molar-refractivity contribution >= 4 is 23.7 Å². The lowest BCUT2D eigenvalue weighted by molar-refractivity contribution is -0.123. The maximum Gasteiger partial charge on any atom is 0.408 e. The zero-order chi connectivity index (χ0) is 13.8. The Morgan fingerprint density at radius 2 is 2.32 bits per heavy atom. The largest absolute Gasteiger partial charge is 0.465 e. The molecule has 100 valence electrons. The van der Waals surface area contributed by atoms with Crippen LogP contribution in [0.5, 0.6) is 0 Å². The summed E-state index contributed by atoms with van der Waals surface area (Å²) in [6.45, 7) is -0.142. The van der Waals surface area contributed by atoms with Gasteiger partial charge in [-0.1, -0.05) is 0 Å². The van der Waals surface area contributed by atoms with Gasteiger partial charge in [-0.3, -0.25) is 14.5 Å². The van der Waals surface area contributed by atoms with Crippen molar-refractivity contribution in [2.75, 3.05) is 11.9 Å². The summed E-state index contributed by atoms with van der Waals surface area (Å²) in [7, 11) is 0. The highest BCUT2D eigenvalue weighted by Crippen LogP contribution is 2.40. The molecule has 3 amide bonds. The summed E-state index contributed by atoms with van der Waals surface area (Å²) in [5.74, 6) is -0.654. The maximum atomic E-state index is 12.1. The van der Waals surface area contributed by atoms with Crippen LogP contribution in [0.15, 0.2) is 12.3 Å². The van der Waals surface area contributed by atoms with Crippen LogP contribution in [0.4, 0.5) is 10.6 Å². The van der Waals surface area contributed by atoms with Crippen LogP contribution in [0.3, 0.4) is 0 Å². The van der Waals surface area contributed by atoms with Gasteiger partial charge in [0.15, 0.2) is 5.54 Å². The number of nitrogens with zero attached hydrogens (tertiary/aromatic N) is 3. The van der Waals surface area contributed by atoms with Crippen LogP contribution in [0.25, 0.3) is 0 Å². The zero-order valence-corrected chi connectivity index (χ0v) is 9.74. The molecule has 0 aromatic carbocycles. The van der Waals surface area contributed by atoms with Crippen molar-refractivity contribution in [3.05, 3.63) is 12.3 Å². The van der Waals surface area contributed by atoms with E-state index in [0.29, 0.717) is 5.82 Å². The van der Waals surface area contributed by atoms with Crippen molar-refractivity contribution in [1.82, 2.24) is 14.7 Å². The number of nitrogens with two attached hydrogens (primary N) is 1. The second-order valence-corrected chi connectivity index (χ2v) is 4.65. The van der Waals surface area contributed by atoms with Gasteiger partial charge >= 0.3 is 6.09 Å². The standard InChI is InChI=1S/C10H11N5O4/c11-7(16)5-3-10(4-14(5)9(18)19)8(17)13-6-1-2-12-15(6)10/h1-2,5H,3-4H2,(H2,11,16)(H,13,17)(H,18,19)/t5-,10?/m0/s1. The van der Waals surface area contributed by atoms with Gasteiger partial charge in [-0.15, -0.1) is 0 Å². The first-order valence-electron chi connectivity index (χ1n) is 5.60. The van der Waals surface area contributed by atoms with Crippen molar-refractivity contribution in [1.29, 1.82) is 0 Å². The minimum atomic E-state index is -1.28. The molecular weight excluding hydrogens is 254 g/mol. The third-order valence-electron chi connectivity index (χ3n) is 3.63. The van der Waals surface area contributed by atoms with E-state index in [0.717, 1.165) is 4.90 Å². The van der Waals surface area contributed by atoms with Crippen LogP contribution in [0.2, 0.25) is 0 Å². The Balaban J connectivity index is 2.06. The van der Waals surface area contributed by atoms with Crippen LogP contribution in [-0.2, 0) is 15.1 Å². The van der Waals surface area contributed by atoms with Crippen LogP contribution in [0.1, 0.15) is 6.42 Å². The minimum absolute atomic E-state index is 0.00481. The highest BCUT2D eigenvalue weighted by Gasteiger charge is 2.58. The molecule has 0 bridgehead atoms. The van der Waals surface area contributed by atoms with Gasteiger partial charge in [-0.25, -0.2) is 9.48 Å². The fourth-order valence-corrected chi connectivity index (χ4v) is 2.73. The molecule has 1 unspecified atom stereocenters. The second kappa shape index (κ2) is 3.46. The van der Waals surface area contributed by atoms with Crippen LogP contribution in [-0.4, -0.2) is 50.3 Å². The Kier molecular flexibility index (Phi) is 2.10. The topological polar surface area (TPSA) is 131 Å². The second-order valence-electron chi connectivity index (χ2n) is 4.65. The summed E-state index contributed by atoms with van der Waals surface area (Å²) in [6, 6.07) is 0.577. The van der Waals surface area contributed by atoms with E-state index in [-0.39, 0.29) is 18.9 Å². The van der Waals surface area contributed by atoms with Crippen LogP contribution >= 0.6 is 0 Å². The summed E-state index contributed by atoms with van der Waals surface area (Å²) in [6.07, 6.45) is 0.211. The van der Waals surface area contributed by atoms with E-state index in [1.54, 1.807) is 6.07 Å². The molecule has 1 aromatic rings. The van der Waals surface area contributed by atoms with E-state index >= 15 is 0 Å². The van der Waals surface area contributed by atoms with Crippen molar-refractivity contribution < 1.29 is 19.5 Å². The monoisotopic (exact) mass is 265 g/mol. The normalized spacial score (nSPS) is 28.5. The predicted octanol–water partition coefficient (Wildman–Crippen LogP) is -1.23. The smallest absolute Gasteiger partial charge is 0.408 e. The Morgan fingerprint density at radius 3 is 2.89 bits per heavy atom. The number of likely N-dealkylation sites (tertiary alicyclic amines) is 1. The molecule has 0 radical (unpaired) electrons. The number of carbonyl (C=O) groups excluding carboxylic acids is 2. The molecule has 2 atom stereocenters. The molecule has 0 saturated carbocycles. The average Bonchev–Trinajstić information content (AvgIpc) is 2.96. The number of rotatable bonds is 1. The fraction of sp³-hybridized carbons (Fsp3) is 0.400. The van der Waals surface area contributed by atoms with Gasteiger partial charge in [-0.2, -0.15) is 5.10 Å². The predicted molar refractivity (Wildman–Crippen MR) is 61.2 cm³/mol. The first-order valence-corrected chi connectivity index (χ1v) is 5.60. The highest BCUT2D eigenvalue weighted by molar-refractivity contribution is 6.02. The first kappa shape index (κ1) is 11.5. The first-order chi connectivity index (χ1) is 8.95. The van der Waals surface area contributed by atoms with Gasteiger partial charge in [0.1, 0.15) is 11.9 Å². The fourth-order valence-electron chi connectivity index (χ4n) is 2.73. The number of amides is 3. The van der Waals surface area contributed by atoms with Crippen LogP contribution in [0, 0.1) is 0 Å². The lowest BCUT2D eigenvalue weighted by atomic mass is 9.96. The molecule has 2 aliphatic heterocycles. The van der Waals surface area contributed by atoms with Crippen molar-refractivity contribution in [3.8, 4) is 0 Å². The molecule has 1 aromatic heterocycles. The van der Waals surface area contributed by atoms with Crippen LogP contribution < -0.4 is 11.1 Å². The van der Waals surface area contributed by atoms with E-state index < -0.39 is 23.6 Å². The molecule has 9 heteroatoms. The summed E-state index contributed by atoms with van der Waals surface area (Å²) < 4.78 is 1.42. The van der Waals surface area contributed by atoms with Gasteiger partial charge in [0, 0.05) is 12.5 Å². The number of carbonyl (C=O) groups is 3. The lowest BCUT2D eigenvalue weighted by Crippen LogP contribution is -2.44. The number of primary amides is 1. The number of nitrogens with one attached hydrogen (secondary N) is 1. The number of hydrogen-bond donors (Lipinski definition) is 3. The minimum Gasteiger partial charge on any atom is -0.465 e. The molecule has 9 nitrogen and oxygen atoms in total. The molecule has 19 heavy (non-hydrogen) atoms. The van der Waals surface area contributed by atoms with E-state index in [9.17, 15) is 14.4 Å². The molecule has 1 fully saturated rings. The quantitative estimate of drug-likeness (QED) is 0.585. The Hall–Kier alpha value is -2.58. The van der Waals surface area contributed by atoms with Crippen molar-refractivity contribution in [2.24, 2.45) is 5.73 Å². The average molecular weight is 265 g/mol. The van der Waals surface area contributed by atoms with Gasteiger partial charge in [0.2, 0.25) is 5.91 Å². The Morgan fingerprint density at radius 1 is 1.58 bits per heavy atom. The van der Waals surface area contributed by atoms with E-state index in [1.807, 2.05) is 0 Å². The third-order valence-corrected chi connectivity index (χ3v) is 3.63. The molecule has 4 N–H and O–H groups in total. The summed E-state index contributed by atoms with van der Waals surface area (Å²) in [5, 5.41) is 15.8. The molecular formula is C10H11N5O4. The van der Waals surface area contributed by atoms with Gasteiger partial charge in [0.25, 0.3) is 5.91 Å². The molecule has 2 aliphatic rings. The zero-order valence-electron chi connectivity index (χ0n) is 9.74. The van der Waals surface area contributed by atoms with Gasteiger partial charge in [-0.05, 0) is 0 Å². The summed E-state index contributed by atoms with van der Waals surface area (Å²) >= 11 is 0. The Bertz CT molecular complexity index is 572. The number of fused-ring (bicyclic) bond motifs is 2. The molecule has 1 spiro atoms. The Labute approximate surface area is 107 Å². The number of aromatic nitrogens is 2. The summed E-state index contributed by atoms with van der Waals surface area (Å²) in [4.78, 5) is 35.5. The number of carboxylic acid groups (broad SMARTS) is 1. The summed E-state index contributed by atoms with van der Waals surface area (Å²) in [5.41, 5.74) is 4.03. The molecule has 3 rings (SSSR count). The SMILES string of the molecule is NC(=O)[C@@H]1CC2(CN1C(=O)O)C(=O)Nc1ccnn12. The maximum absolute atomic E-state index is 12.1. The lowest BCUT2D eigenvalue weighted by Gasteiger charge is -2.21. The number of anilines is 1. The third kappa shape index (κ3) is 1.35. The molecule has 0 aliphatic carbocycles. The highest BCUT2D eigenvalue weighted by atomic mass is 16.4. The number of hydrogen-bond acceptors (Lipinski definition) is 4. The van der Waals surface area contributed by atoms with Gasteiger partial charge in [0.05, 0.1) is 12.7 Å². The van der Waals surface area contributed by atoms with E-state index in [2.05, 4.69) is 10.4 Å². The van der Waals surface area contributed by atoms with E-state index in [1.165, 1.54) is 10.9 Å². The van der Waals surface area contributed by atoms with Gasteiger partial charge < -0.3 is 16.2 Å². The molecule has 1 saturated heterocycles.